The van der Waals surface area contributed by atoms with Gasteiger partial charge in [-0.3, -0.25) is 4.55 Å². The van der Waals surface area contributed by atoms with Gasteiger partial charge in [-0.25, -0.2) is 8.93 Å². The molecule has 0 rings (SSSR count). The summed E-state index contributed by atoms with van der Waals surface area (Å²) in [5.74, 6) is 0. The maximum atomic E-state index is 9.75. The van der Waals surface area contributed by atoms with Crippen molar-refractivity contribution in [1.82, 2.24) is 4.72 Å². The number of rotatable bonds is 3. The van der Waals surface area contributed by atoms with Crippen LogP contribution in [0.3, 0.4) is 0 Å². The molecule has 0 aromatic carbocycles. The van der Waals surface area contributed by atoms with Crippen LogP contribution in [0.2, 0.25) is 0 Å². The summed E-state index contributed by atoms with van der Waals surface area (Å²) >= 11 is 0.292. The van der Waals surface area contributed by atoms with Gasteiger partial charge in [-0.15, -0.1) is 0 Å². The molecular weight excluding hydrogens is 229 g/mol. The van der Waals surface area contributed by atoms with Crippen LogP contribution in [0.4, 0.5) is 0 Å². The normalized spacial score (nSPS) is 14.0. The molecular formula is C2H6INO2S. The molecule has 0 saturated heterocycles. The summed E-state index contributed by atoms with van der Waals surface area (Å²) in [6.07, 6.45) is 0. The van der Waals surface area contributed by atoms with Gasteiger partial charge in [0.1, 0.15) is 0 Å². The van der Waals surface area contributed by atoms with Crippen molar-refractivity contribution in [2.75, 3.05) is 11.0 Å². The molecule has 0 aromatic rings. The Morgan fingerprint density at radius 2 is 2.43 bits per heavy atom. The molecule has 0 saturated carbocycles. The summed E-state index contributed by atoms with van der Waals surface area (Å²) < 4.78 is 21.0. The van der Waals surface area contributed by atoms with E-state index in [4.69, 9.17) is 4.55 Å². The summed E-state index contributed by atoms with van der Waals surface area (Å²) in [6, 6.07) is 0. The Bertz CT molecular complexity index is 68.7. The topological polar surface area (TPSA) is 49.3 Å². The highest BCUT2D eigenvalue weighted by atomic mass is 127. The lowest BCUT2D eigenvalue weighted by Crippen LogP contribution is -2.17. The highest BCUT2D eigenvalue weighted by molar-refractivity contribution is 14.1. The standard InChI is InChI=1S/C2H6INO2S/c3-1-2-4-7(5)6/h4H,1-2H2,(H,5,6). The molecule has 44 valence electrons. The molecule has 7 heavy (non-hydrogen) atoms. The van der Waals surface area contributed by atoms with E-state index in [1.54, 1.807) is 0 Å². The molecule has 0 aliphatic heterocycles. The highest BCUT2D eigenvalue weighted by Gasteiger charge is 1.85. The van der Waals surface area contributed by atoms with Crippen molar-refractivity contribution in [1.29, 1.82) is 0 Å². The van der Waals surface area contributed by atoms with Crippen LogP contribution in [0.1, 0.15) is 0 Å². The van der Waals surface area contributed by atoms with E-state index in [1.807, 2.05) is 0 Å². The van der Waals surface area contributed by atoms with Crippen LogP contribution in [0.5, 0.6) is 0 Å². The van der Waals surface area contributed by atoms with Crippen molar-refractivity contribution >= 4 is 33.9 Å². The average molecular weight is 235 g/mol. The smallest absolute Gasteiger partial charge is 0.231 e. The Balaban J connectivity index is 2.82. The molecule has 3 nitrogen and oxygen atoms in total. The first-order valence-electron chi connectivity index (χ1n) is 1.67. The van der Waals surface area contributed by atoms with Crippen LogP contribution in [-0.4, -0.2) is 19.7 Å². The van der Waals surface area contributed by atoms with Gasteiger partial charge in [0.25, 0.3) is 0 Å². The number of alkyl halides is 1. The van der Waals surface area contributed by atoms with Gasteiger partial charge in [0.15, 0.2) is 0 Å². The molecule has 0 amide bonds. The Morgan fingerprint density at radius 1 is 1.86 bits per heavy atom. The summed E-state index contributed by atoms with van der Waals surface area (Å²) in [6.45, 7) is 0.587. The summed E-state index contributed by atoms with van der Waals surface area (Å²) in [7, 11) is 0. The van der Waals surface area contributed by atoms with Gasteiger partial charge in [0, 0.05) is 11.0 Å². The van der Waals surface area contributed by atoms with Gasteiger partial charge in [-0.05, 0) is 0 Å². The lowest BCUT2D eigenvalue weighted by molar-refractivity contribution is 0.552. The summed E-state index contributed by atoms with van der Waals surface area (Å²) in [5, 5.41) is 0. The quantitative estimate of drug-likeness (QED) is 0.415. The van der Waals surface area contributed by atoms with Gasteiger partial charge in [-0.2, -0.15) is 0 Å². The molecule has 0 heterocycles. The van der Waals surface area contributed by atoms with Crippen LogP contribution in [-0.2, 0) is 11.3 Å². The van der Waals surface area contributed by atoms with Crippen LogP contribution < -0.4 is 4.72 Å². The third kappa shape index (κ3) is 6.80. The van der Waals surface area contributed by atoms with E-state index >= 15 is 0 Å². The van der Waals surface area contributed by atoms with Gasteiger partial charge in [0.2, 0.25) is 11.3 Å². The predicted molar refractivity (Wildman–Crippen MR) is 37.7 cm³/mol. The second kappa shape index (κ2) is 4.95. The lowest BCUT2D eigenvalue weighted by atomic mass is 10.8. The zero-order chi connectivity index (χ0) is 5.70. The van der Waals surface area contributed by atoms with Crippen molar-refractivity contribution in [3.8, 4) is 0 Å². The first kappa shape index (κ1) is 7.80. The van der Waals surface area contributed by atoms with Gasteiger partial charge < -0.3 is 0 Å². The minimum Gasteiger partial charge on any atom is -0.294 e. The second-order valence-corrected chi connectivity index (χ2v) is 2.70. The van der Waals surface area contributed by atoms with Crippen molar-refractivity contribution in [2.24, 2.45) is 0 Å². The van der Waals surface area contributed by atoms with E-state index < -0.39 is 11.3 Å². The Morgan fingerprint density at radius 3 is 2.57 bits per heavy atom. The van der Waals surface area contributed by atoms with Crippen LogP contribution >= 0.6 is 22.6 Å². The zero-order valence-corrected chi connectivity index (χ0v) is 6.53. The van der Waals surface area contributed by atoms with Gasteiger partial charge >= 0.3 is 0 Å². The summed E-state index contributed by atoms with van der Waals surface area (Å²) in [4.78, 5) is 0. The first-order chi connectivity index (χ1) is 3.27. The fraction of sp³-hybridized carbons (Fsp3) is 1.00. The van der Waals surface area contributed by atoms with E-state index in [1.165, 1.54) is 0 Å². The first-order valence-corrected chi connectivity index (χ1v) is 4.31. The van der Waals surface area contributed by atoms with E-state index in [9.17, 15) is 4.21 Å². The van der Waals surface area contributed by atoms with E-state index in [-0.39, 0.29) is 0 Å². The fourth-order valence-corrected chi connectivity index (χ4v) is 1.04. The second-order valence-electron chi connectivity index (χ2n) is 0.832. The van der Waals surface area contributed by atoms with Crippen molar-refractivity contribution < 1.29 is 8.76 Å². The van der Waals surface area contributed by atoms with Gasteiger partial charge in [0.05, 0.1) is 0 Å². The van der Waals surface area contributed by atoms with Gasteiger partial charge in [-0.1, -0.05) is 22.6 Å². The van der Waals surface area contributed by atoms with E-state index in [0.717, 1.165) is 4.43 Å². The average Bonchev–Trinajstić information content (AvgIpc) is 1.61. The molecule has 1 atom stereocenters. The van der Waals surface area contributed by atoms with Crippen LogP contribution in [0, 0.1) is 0 Å². The van der Waals surface area contributed by atoms with Crippen molar-refractivity contribution in [3.05, 3.63) is 0 Å². The van der Waals surface area contributed by atoms with E-state index in [2.05, 4.69) is 27.3 Å². The number of hydrogen-bond donors (Lipinski definition) is 2. The largest absolute Gasteiger partial charge is 0.294 e. The number of halogens is 1. The lowest BCUT2D eigenvalue weighted by Gasteiger charge is -1.89. The van der Waals surface area contributed by atoms with Crippen LogP contribution in [0.25, 0.3) is 0 Å². The number of hydrogen-bond acceptors (Lipinski definition) is 1. The molecule has 0 radical (unpaired) electrons. The molecule has 0 spiro atoms. The van der Waals surface area contributed by atoms with Crippen LogP contribution in [0.15, 0.2) is 0 Å². The van der Waals surface area contributed by atoms with E-state index in [0.29, 0.717) is 6.54 Å². The molecule has 0 fully saturated rings. The minimum absolute atomic E-state index is 0.587. The molecule has 0 aliphatic rings. The maximum Gasteiger partial charge on any atom is 0.231 e. The summed E-state index contributed by atoms with van der Waals surface area (Å²) in [5.41, 5.74) is 0. The third-order valence-electron chi connectivity index (χ3n) is 0.320. The molecule has 1 unspecified atom stereocenters. The monoisotopic (exact) mass is 235 g/mol. The Hall–Kier alpha value is 0.800. The Labute approximate surface area is 58.4 Å². The highest BCUT2D eigenvalue weighted by Crippen LogP contribution is 1.75. The SMILES string of the molecule is O=S(O)NCCI. The minimum atomic E-state index is -1.82. The maximum absolute atomic E-state index is 9.75. The zero-order valence-electron chi connectivity index (χ0n) is 3.56. The molecule has 0 aromatic heterocycles. The molecule has 5 heteroatoms. The van der Waals surface area contributed by atoms with Crippen molar-refractivity contribution in [3.63, 3.8) is 0 Å². The Kier molecular flexibility index (Phi) is 5.51. The molecule has 0 aliphatic carbocycles. The van der Waals surface area contributed by atoms with Crippen molar-refractivity contribution in [2.45, 2.75) is 0 Å². The fourth-order valence-electron chi connectivity index (χ4n) is 0.126. The third-order valence-corrected chi connectivity index (χ3v) is 1.31. The molecule has 2 N–H and O–H groups in total. The predicted octanol–water partition coefficient (Wildman–Crippen LogP) is 0.148. The number of nitrogens with one attached hydrogen (secondary N) is 1. The molecule has 0 bridgehead atoms.